The average molecular weight is 555 g/mol. The molecule has 2 amide bonds. The molecule has 2 unspecified atom stereocenters. The van der Waals surface area contributed by atoms with Crippen molar-refractivity contribution in [2.45, 2.75) is 37.4 Å². The highest BCUT2D eigenvalue weighted by molar-refractivity contribution is 6.30. The van der Waals surface area contributed by atoms with Crippen molar-refractivity contribution in [2.75, 3.05) is 20.7 Å². The van der Waals surface area contributed by atoms with Crippen LogP contribution in [0.3, 0.4) is 0 Å². The molecule has 2 aromatic carbocycles. The van der Waals surface area contributed by atoms with E-state index < -0.39 is 23.1 Å². The lowest BCUT2D eigenvalue weighted by Crippen LogP contribution is -2.68. The molecule has 1 saturated heterocycles. The van der Waals surface area contributed by atoms with E-state index in [1.54, 1.807) is 36.4 Å². The van der Waals surface area contributed by atoms with Gasteiger partial charge in [0.05, 0.1) is 29.0 Å². The van der Waals surface area contributed by atoms with Gasteiger partial charge in [-0.25, -0.2) is 0 Å². The van der Waals surface area contributed by atoms with Crippen LogP contribution in [-0.2, 0) is 21.8 Å². The predicted molar refractivity (Wildman–Crippen MR) is 144 cm³/mol. The summed E-state index contributed by atoms with van der Waals surface area (Å²) < 4.78 is 6.07. The number of nitrogens with zero attached hydrogens (tertiary/aromatic N) is 3. The Morgan fingerprint density at radius 2 is 1.89 bits per heavy atom. The standard InChI is InChI=1S/C28H28Cl2N4O4/c1-27(37,26(36)32-23-13-14-33(23)2)28(38-3)22-6-4-5-21(17-7-9-18(29)10-8-17)24(22)25(35)34(28)16-20-12-11-19(30)15-31-20/h4-12,15,23,37H,13-14,16H2,1-3H3,(H,32,36)/t23?,27?,28-/m1/s1. The number of amides is 2. The van der Waals surface area contributed by atoms with Crippen LogP contribution in [0.25, 0.3) is 11.1 Å². The largest absolute Gasteiger partial charge is 0.376 e. The first-order chi connectivity index (χ1) is 18.1. The summed E-state index contributed by atoms with van der Waals surface area (Å²) in [5.41, 5.74) is -1.41. The van der Waals surface area contributed by atoms with E-state index in [4.69, 9.17) is 27.9 Å². The predicted octanol–water partition coefficient (Wildman–Crippen LogP) is 4.04. The van der Waals surface area contributed by atoms with E-state index in [1.165, 1.54) is 25.1 Å². The Morgan fingerprint density at radius 3 is 2.47 bits per heavy atom. The van der Waals surface area contributed by atoms with Crippen molar-refractivity contribution in [3.8, 4) is 11.1 Å². The van der Waals surface area contributed by atoms with E-state index in [2.05, 4.69) is 10.3 Å². The fourth-order valence-corrected chi connectivity index (χ4v) is 5.53. The number of rotatable bonds is 7. The molecule has 0 spiro atoms. The Morgan fingerprint density at radius 1 is 1.18 bits per heavy atom. The molecular weight excluding hydrogens is 527 g/mol. The van der Waals surface area contributed by atoms with Gasteiger partial charge in [0.2, 0.25) is 5.72 Å². The number of benzene rings is 2. The molecule has 3 atom stereocenters. The molecule has 2 aliphatic heterocycles. The first-order valence-electron chi connectivity index (χ1n) is 12.2. The second-order valence-corrected chi connectivity index (χ2v) is 10.6. The zero-order valence-corrected chi connectivity index (χ0v) is 22.8. The van der Waals surface area contributed by atoms with Crippen LogP contribution in [0.4, 0.5) is 0 Å². The molecule has 198 valence electrons. The van der Waals surface area contributed by atoms with Crippen LogP contribution in [-0.4, -0.2) is 64.2 Å². The minimum absolute atomic E-state index is 0.0364. The molecule has 3 heterocycles. The Hall–Kier alpha value is -3.01. The van der Waals surface area contributed by atoms with Gasteiger partial charge in [-0.1, -0.05) is 53.5 Å². The van der Waals surface area contributed by atoms with Crippen molar-refractivity contribution < 1.29 is 19.4 Å². The van der Waals surface area contributed by atoms with Crippen molar-refractivity contribution in [1.29, 1.82) is 0 Å². The lowest BCUT2D eigenvalue weighted by molar-refractivity contribution is -0.231. The molecule has 2 aliphatic rings. The molecular formula is C28H28Cl2N4O4. The summed E-state index contributed by atoms with van der Waals surface area (Å²) in [5.74, 6) is -1.06. The Kier molecular flexibility index (Phi) is 6.96. The number of methoxy groups -OCH3 is 1. The van der Waals surface area contributed by atoms with Crippen LogP contribution in [0.15, 0.2) is 60.8 Å². The van der Waals surface area contributed by atoms with Gasteiger partial charge in [-0.05, 0) is 55.8 Å². The lowest BCUT2D eigenvalue weighted by Gasteiger charge is -2.47. The van der Waals surface area contributed by atoms with E-state index in [1.807, 2.05) is 30.1 Å². The minimum Gasteiger partial charge on any atom is -0.376 e. The summed E-state index contributed by atoms with van der Waals surface area (Å²) >= 11 is 12.1. The third-order valence-corrected chi connectivity index (χ3v) is 7.99. The van der Waals surface area contributed by atoms with Gasteiger partial charge in [0.1, 0.15) is 0 Å². The zero-order valence-electron chi connectivity index (χ0n) is 21.2. The minimum atomic E-state index is -2.18. The van der Waals surface area contributed by atoms with Gasteiger partial charge in [0.15, 0.2) is 5.60 Å². The molecule has 10 heteroatoms. The molecule has 38 heavy (non-hydrogen) atoms. The first kappa shape index (κ1) is 26.6. The maximum Gasteiger partial charge on any atom is 0.258 e. The highest BCUT2D eigenvalue weighted by Gasteiger charge is 2.64. The number of carbonyl (C=O) groups excluding carboxylic acids is 2. The zero-order chi connectivity index (χ0) is 27.2. The summed E-state index contributed by atoms with van der Waals surface area (Å²) in [6.07, 6.45) is 2.02. The Bertz CT molecular complexity index is 1380. The number of halogens is 2. The highest BCUT2D eigenvalue weighted by atomic mass is 35.5. The van der Waals surface area contributed by atoms with Crippen LogP contribution < -0.4 is 5.32 Å². The van der Waals surface area contributed by atoms with Crippen LogP contribution >= 0.6 is 23.2 Å². The fraction of sp³-hybridized carbons (Fsp3) is 0.321. The van der Waals surface area contributed by atoms with Crippen molar-refractivity contribution in [2.24, 2.45) is 0 Å². The second kappa shape index (κ2) is 9.94. The van der Waals surface area contributed by atoms with E-state index in [-0.39, 0.29) is 12.7 Å². The van der Waals surface area contributed by atoms with E-state index in [0.29, 0.717) is 32.4 Å². The normalized spacial score (nSPS) is 22.5. The quantitative estimate of drug-likeness (QED) is 0.457. The number of ether oxygens (including phenoxy) is 1. The van der Waals surface area contributed by atoms with Gasteiger partial charge in [0.25, 0.3) is 11.8 Å². The van der Waals surface area contributed by atoms with Gasteiger partial charge in [-0.2, -0.15) is 0 Å². The van der Waals surface area contributed by atoms with Crippen molar-refractivity contribution in [3.63, 3.8) is 0 Å². The Labute approximate surface area is 231 Å². The molecule has 1 aromatic heterocycles. The molecule has 0 bridgehead atoms. The van der Waals surface area contributed by atoms with Crippen LogP contribution in [0.2, 0.25) is 10.0 Å². The van der Waals surface area contributed by atoms with Crippen molar-refractivity contribution >= 4 is 35.0 Å². The number of carbonyl (C=O) groups is 2. The summed E-state index contributed by atoms with van der Waals surface area (Å²) in [5, 5.41) is 16.0. The van der Waals surface area contributed by atoms with E-state index in [9.17, 15) is 14.7 Å². The molecule has 5 rings (SSSR count). The van der Waals surface area contributed by atoms with Crippen molar-refractivity contribution in [3.05, 3.63) is 87.7 Å². The SMILES string of the molecule is CO[C@@]1(C(C)(O)C(=O)NC2CCN2C)c2cccc(-c3ccc(Cl)cc3)c2C(=O)N1Cc1ccc(Cl)cn1. The number of aliphatic hydroxyl groups is 1. The molecule has 2 N–H and O–H groups in total. The summed E-state index contributed by atoms with van der Waals surface area (Å²) in [7, 11) is 3.28. The number of likely N-dealkylation sites (tertiary alicyclic amines) is 1. The summed E-state index contributed by atoms with van der Waals surface area (Å²) in [4.78, 5) is 35.6. The first-order valence-corrected chi connectivity index (χ1v) is 13.0. The summed E-state index contributed by atoms with van der Waals surface area (Å²) in [6, 6.07) is 15.8. The number of nitrogens with one attached hydrogen (secondary N) is 1. The van der Waals surface area contributed by atoms with E-state index >= 15 is 0 Å². The third-order valence-electron chi connectivity index (χ3n) is 7.52. The van der Waals surface area contributed by atoms with Crippen LogP contribution in [0.1, 0.15) is 35.0 Å². The van der Waals surface area contributed by atoms with Crippen molar-refractivity contribution in [1.82, 2.24) is 20.1 Å². The molecule has 1 fully saturated rings. The fourth-order valence-electron chi connectivity index (χ4n) is 5.29. The number of hydrogen-bond acceptors (Lipinski definition) is 6. The highest BCUT2D eigenvalue weighted by Crippen LogP contribution is 2.50. The Balaban J connectivity index is 1.68. The maximum atomic E-state index is 14.2. The third kappa shape index (κ3) is 4.17. The van der Waals surface area contributed by atoms with Gasteiger partial charge in [-0.3, -0.25) is 24.4 Å². The van der Waals surface area contributed by atoms with E-state index in [0.717, 1.165) is 18.5 Å². The molecule has 8 nitrogen and oxygen atoms in total. The van der Waals surface area contributed by atoms with Crippen LogP contribution in [0, 0.1) is 0 Å². The molecule has 0 aliphatic carbocycles. The maximum absolute atomic E-state index is 14.2. The average Bonchev–Trinajstić information content (AvgIpc) is 3.16. The monoisotopic (exact) mass is 554 g/mol. The molecule has 3 aromatic rings. The molecule has 0 radical (unpaired) electrons. The number of pyridine rings is 1. The van der Waals surface area contributed by atoms with Gasteiger partial charge < -0.3 is 15.2 Å². The van der Waals surface area contributed by atoms with Gasteiger partial charge in [-0.15, -0.1) is 0 Å². The number of hydrogen-bond donors (Lipinski definition) is 2. The lowest BCUT2D eigenvalue weighted by atomic mass is 9.82. The van der Waals surface area contributed by atoms with Crippen LogP contribution in [0.5, 0.6) is 0 Å². The topological polar surface area (TPSA) is 95.0 Å². The smallest absolute Gasteiger partial charge is 0.258 e. The molecule has 0 saturated carbocycles. The summed E-state index contributed by atoms with van der Waals surface area (Å²) in [6.45, 7) is 2.18. The number of aromatic nitrogens is 1. The number of fused-ring (bicyclic) bond motifs is 1. The second-order valence-electron chi connectivity index (χ2n) is 9.77. The van der Waals surface area contributed by atoms with Gasteiger partial charge >= 0.3 is 0 Å². The van der Waals surface area contributed by atoms with Gasteiger partial charge in [0, 0.05) is 30.4 Å².